The Morgan fingerprint density at radius 1 is 1.17 bits per heavy atom. The predicted octanol–water partition coefficient (Wildman–Crippen LogP) is 4.68. The number of nitrogens with one attached hydrogen (secondary N) is 1. The van der Waals surface area contributed by atoms with Crippen molar-refractivity contribution in [1.29, 1.82) is 0 Å². The van der Waals surface area contributed by atoms with Crippen LogP contribution in [0.25, 0.3) is 0 Å². The van der Waals surface area contributed by atoms with Gasteiger partial charge in [-0.2, -0.15) is 0 Å². The second kappa shape index (κ2) is 6.93. The molecule has 0 saturated heterocycles. The van der Waals surface area contributed by atoms with Gasteiger partial charge in [0.1, 0.15) is 0 Å². The molecule has 1 unspecified atom stereocenters. The number of hydrogen-bond acceptors (Lipinski definition) is 2. The Balaban J connectivity index is 2.10. The van der Waals surface area contributed by atoms with Crippen LogP contribution in [0.5, 0.6) is 0 Å². The molecule has 0 bridgehead atoms. The average molecular weight is 280 g/mol. The van der Waals surface area contributed by atoms with E-state index in [0.29, 0.717) is 6.04 Å². The van der Waals surface area contributed by atoms with Crippen LogP contribution in [-0.4, -0.2) is 6.54 Å². The van der Waals surface area contributed by atoms with E-state index in [2.05, 4.69) is 48.6 Å². The number of rotatable bonds is 6. The summed E-state index contributed by atoms with van der Waals surface area (Å²) < 4.78 is 0.862. The smallest absolute Gasteiger partial charge is 0.0931 e. The number of hydrogen-bond donors (Lipinski definition) is 1. The summed E-state index contributed by atoms with van der Waals surface area (Å²) in [6, 6.07) is 15.1. The first-order valence-corrected chi connectivity index (χ1v) is 7.51. The van der Waals surface area contributed by atoms with Gasteiger partial charge >= 0.3 is 0 Å². The van der Waals surface area contributed by atoms with Crippen LogP contribution in [-0.2, 0) is 6.42 Å². The molecule has 0 saturated carbocycles. The van der Waals surface area contributed by atoms with E-state index in [9.17, 15) is 0 Å². The van der Waals surface area contributed by atoms with Crippen molar-refractivity contribution >= 4 is 22.9 Å². The molecule has 0 aliphatic heterocycles. The van der Waals surface area contributed by atoms with Crippen LogP contribution in [0, 0.1) is 0 Å². The van der Waals surface area contributed by atoms with Crippen LogP contribution in [0.3, 0.4) is 0 Å². The van der Waals surface area contributed by atoms with Crippen molar-refractivity contribution in [3.8, 4) is 0 Å². The van der Waals surface area contributed by atoms with Crippen molar-refractivity contribution in [1.82, 2.24) is 5.32 Å². The van der Waals surface area contributed by atoms with Gasteiger partial charge in [-0.15, -0.1) is 11.3 Å². The normalized spacial score (nSPS) is 12.6. The first kappa shape index (κ1) is 13.6. The van der Waals surface area contributed by atoms with Crippen LogP contribution < -0.4 is 5.32 Å². The Labute approximate surface area is 118 Å². The maximum Gasteiger partial charge on any atom is 0.0931 e. The summed E-state index contributed by atoms with van der Waals surface area (Å²) in [6.45, 7) is 3.22. The number of benzene rings is 1. The number of thiophene rings is 1. The molecule has 2 rings (SSSR count). The van der Waals surface area contributed by atoms with Crippen LogP contribution in [0.2, 0.25) is 4.34 Å². The third-order valence-electron chi connectivity index (χ3n) is 2.86. The largest absolute Gasteiger partial charge is 0.309 e. The van der Waals surface area contributed by atoms with E-state index in [0.717, 1.165) is 23.7 Å². The van der Waals surface area contributed by atoms with Crippen molar-refractivity contribution in [2.75, 3.05) is 6.54 Å². The van der Waals surface area contributed by atoms with E-state index >= 15 is 0 Å². The Kier molecular flexibility index (Phi) is 5.24. The van der Waals surface area contributed by atoms with Crippen molar-refractivity contribution < 1.29 is 0 Å². The van der Waals surface area contributed by atoms with E-state index in [4.69, 9.17) is 11.6 Å². The second-order valence-electron chi connectivity index (χ2n) is 4.34. The minimum Gasteiger partial charge on any atom is -0.309 e. The molecule has 0 aliphatic rings. The van der Waals surface area contributed by atoms with Gasteiger partial charge in [0.25, 0.3) is 0 Å². The Hall–Kier alpha value is -0.830. The minimum atomic E-state index is 0.366. The van der Waals surface area contributed by atoms with E-state index in [1.807, 2.05) is 6.07 Å². The predicted molar refractivity (Wildman–Crippen MR) is 80.5 cm³/mol. The lowest BCUT2D eigenvalue weighted by Gasteiger charge is -2.17. The van der Waals surface area contributed by atoms with Gasteiger partial charge in [-0.05, 0) is 37.1 Å². The first-order valence-electron chi connectivity index (χ1n) is 6.32. The van der Waals surface area contributed by atoms with Gasteiger partial charge in [-0.1, -0.05) is 48.9 Å². The molecule has 1 nitrogen and oxygen atoms in total. The highest BCUT2D eigenvalue weighted by Crippen LogP contribution is 2.29. The Morgan fingerprint density at radius 2 is 1.94 bits per heavy atom. The third-order valence-corrected chi connectivity index (χ3v) is 4.21. The molecule has 96 valence electrons. The molecule has 0 radical (unpaired) electrons. The topological polar surface area (TPSA) is 12.0 Å². The SMILES string of the molecule is CCCNC(Cc1ccccc1)c1ccc(Cl)s1. The van der Waals surface area contributed by atoms with E-state index in [1.165, 1.54) is 10.4 Å². The summed E-state index contributed by atoms with van der Waals surface area (Å²) in [5.41, 5.74) is 1.36. The quantitative estimate of drug-likeness (QED) is 0.809. The van der Waals surface area contributed by atoms with Gasteiger partial charge in [0.05, 0.1) is 4.34 Å². The highest BCUT2D eigenvalue weighted by molar-refractivity contribution is 7.16. The summed E-state index contributed by atoms with van der Waals surface area (Å²) in [5, 5.41) is 3.60. The van der Waals surface area contributed by atoms with E-state index in [1.54, 1.807) is 11.3 Å². The van der Waals surface area contributed by atoms with Gasteiger partial charge in [0, 0.05) is 10.9 Å². The first-order chi connectivity index (χ1) is 8.79. The molecule has 18 heavy (non-hydrogen) atoms. The summed E-state index contributed by atoms with van der Waals surface area (Å²) in [6.07, 6.45) is 2.15. The molecule has 0 fully saturated rings. The molecular formula is C15H18ClNS. The maximum atomic E-state index is 6.03. The lowest BCUT2D eigenvalue weighted by atomic mass is 10.0. The molecule has 1 N–H and O–H groups in total. The summed E-state index contributed by atoms with van der Waals surface area (Å²) in [5.74, 6) is 0. The number of halogens is 1. The van der Waals surface area contributed by atoms with E-state index in [-0.39, 0.29) is 0 Å². The second-order valence-corrected chi connectivity index (χ2v) is 6.08. The average Bonchev–Trinajstić information content (AvgIpc) is 2.82. The van der Waals surface area contributed by atoms with Gasteiger partial charge < -0.3 is 5.32 Å². The molecular weight excluding hydrogens is 262 g/mol. The van der Waals surface area contributed by atoms with Crippen molar-refractivity contribution in [3.05, 3.63) is 57.2 Å². The van der Waals surface area contributed by atoms with Crippen LogP contribution in [0.1, 0.15) is 29.8 Å². The standard InChI is InChI=1S/C15H18ClNS/c1-2-10-17-13(14-8-9-15(16)18-14)11-12-6-4-3-5-7-12/h3-9,13,17H,2,10-11H2,1H3. The van der Waals surface area contributed by atoms with Crippen molar-refractivity contribution in [2.45, 2.75) is 25.8 Å². The summed E-state index contributed by atoms with van der Waals surface area (Å²) in [4.78, 5) is 1.32. The van der Waals surface area contributed by atoms with Gasteiger partial charge in [-0.3, -0.25) is 0 Å². The molecule has 3 heteroatoms. The molecule has 1 aromatic carbocycles. The molecule has 1 aromatic heterocycles. The van der Waals surface area contributed by atoms with E-state index < -0.39 is 0 Å². The highest BCUT2D eigenvalue weighted by Gasteiger charge is 2.13. The Morgan fingerprint density at radius 3 is 2.56 bits per heavy atom. The zero-order valence-electron chi connectivity index (χ0n) is 10.5. The van der Waals surface area contributed by atoms with Crippen molar-refractivity contribution in [3.63, 3.8) is 0 Å². The van der Waals surface area contributed by atoms with Gasteiger partial charge in [-0.25, -0.2) is 0 Å². The van der Waals surface area contributed by atoms with Gasteiger partial charge in [0.2, 0.25) is 0 Å². The third kappa shape index (κ3) is 3.84. The van der Waals surface area contributed by atoms with Crippen LogP contribution in [0.4, 0.5) is 0 Å². The fourth-order valence-electron chi connectivity index (χ4n) is 1.96. The molecule has 0 aliphatic carbocycles. The fraction of sp³-hybridized carbons (Fsp3) is 0.333. The summed E-state index contributed by atoms with van der Waals surface area (Å²) >= 11 is 7.70. The lowest BCUT2D eigenvalue weighted by Crippen LogP contribution is -2.23. The fourth-order valence-corrected chi connectivity index (χ4v) is 3.09. The molecule has 1 atom stereocenters. The van der Waals surface area contributed by atoms with Gasteiger partial charge in [0.15, 0.2) is 0 Å². The van der Waals surface area contributed by atoms with Crippen LogP contribution in [0.15, 0.2) is 42.5 Å². The van der Waals surface area contributed by atoms with Crippen molar-refractivity contribution in [2.24, 2.45) is 0 Å². The zero-order chi connectivity index (χ0) is 12.8. The zero-order valence-corrected chi connectivity index (χ0v) is 12.1. The monoisotopic (exact) mass is 279 g/mol. The minimum absolute atomic E-state index is 0.366. The highest BCUT2D eigenvalue weighted by atomic mass is 35.5. The Bertz CT molecular complexity index is 466. The molecule has 2 aromatic rings. The summed E-state index contributed by atoms with van der Waals surface area (Å²) in [7, 11) is 0. The maximum absolute atomic E-state index is 6.03. The van der Waals surface area contributed by atoms with Crippen LogP contribution >= 0.6 is 22.9 Å². The molecule has 0 amide bonds. The molecule has 0 spiro atoms. The lowest BCUT2D eigenvalue weighted by molar-refractivity contribution is 0.536. The molecule has 1 heterocycles.